The van der Waals surface area contributed by atoms with E-state index in [4.69, 9.17) is 0 Å². The Morgan fingerprint density at radius 3 is 2.56 bits per heavy atom. The lowest BCUT2D eigenvalue weighted by Crippen LogP contribution is -2.22. The minimum Gasteiger partial charge on any atom is -0.395 e. The first-order chi connectivity index (χ1) is 7.65. The molecule has 1 heterocycles. The number of H-pyrrole nitrogens is 1. The molecule has 0 aliphatic carbocycles. The molecule has 16 heavy (non-hydrogen) atoms. The molecule has 3 nitrogen and oxygen atoms in total. The number of aliphatic hydroxyl groups excluding tert-OH is 1. The van der Waals surface area contributed by atoms with Gasteiger partial charge in [-0.05, 0) is 5.56 Å². The van der Waals surface area contributed by atoms with Crippen LogP contribution in [0.4, 0.5) is 0 Å². The number of rotatable bonds is 3. The van der Waals surface area contributed by atoms with Crippen LogP contribution in [-0.2, 0) is 5.41 Å². The third kappa shape index (κ3) is 1.86. The molecule has 0 spiro atoms. The van der Waals surface area contributed by atoms with E-state index < -0.39 is 0 Å². The van der Waals surface area contributed by atoms with Gasteiger partial charge in [0.25, 0.3) is 0 Å². The molecule has 0 bridgehead atoms. The van der Waals surface area contributed by atoms with Gasteiger partial charge in [-0.3, -0.25) is 5.10 Å². The van der Waals surface area contributed by atoms with Crippen LogP contribution in [0.25, 0.3) is 11.3 Å². The molecular formula is C13H16N2O. The fourth-order valence-corrected chi connectivity index (χ4v) is 1.71. The second-order valence-corrected chi connectivity index (χ2v) is 4.57. The summed E-state index contributed by atoms with van der Waals surface area (Å²) in [6.45, 7) is 4.11. The molecule has 2 N–H and O–H groups in total. The van der Waals surface area contributed by atoms with Crippen molar-refractivity contribution in [1.29, 1.82) is 0 Å². The molecule has 2 rings (SSSR count). The Kier molecular flexibility index (Phi) is 2.79. The van der Waals surface area contributed by atoms with Crippen LogP contribution in [-0.4, -0.2) is 21.9 Å². The third-order valence-electron chi connectivity index (χ3n) is 2.83. The van der Waals surface area contributed by atoms with Crippen molar-refractivity contribution < 1.29 is 5.11 Å². The van der Waals surface area contributed by atoms with Crippen molar-refractivity contribution in [3.8, 4) is 11.3 Å². The molecule has 2 aromatic rings. The Bertz CT molecular complexity index is 460. The molecule has 0 aliphatic rings. The Morgan fingerprint density at radius 1 is 1.25 bits per heavy atom. The van der Waals surface area contributed by atoms with E-state index in [1.807, 2.05) is 44.2 Å². The van der Waals surface area contributed by atoms with Crippen LogP contribution < -0.4 is 0 Å². The molecule has 1 aromatic heterocycles. The summed E-state index contributed by atoms with van der Waals surface area (Å²) < 4.78 is 0. The van der Waals surface area contributed by atoms with Gasteiger partial charge in [-0.25, -0.2) is 0 Å². The normalized spacial score (nSPS) is 11.7. The summed E-state index contributed by atoms with van der Waals surface area (Å²) in [5.74, 6) is 0. The van der Waals surface area contributed by atoms with E-state index in [1.54, 1.807) is 6.20 Å². The highest BCUT2D eigenvalue weighted by Crippen LogP contribution is 2.30. The number of hydrogen-bond donors (Lipinski definition) is 2. The van der Waals surface area contributed by atoms with Gasteiger partial charge < -0.3 is 5.11 Å². The first kappa shape index (κ1) is 10.9. The Labute approximate surface area is 95.1 Å². The summed E-state index contributed by atoms with van der Waals surface area (Å²) in [7, 11) is 0. The zero-order valence-corrected chi connectivity index (χ0v) is 9.57. The molecule has 0 amide bonds. The van der Waals surface area contributed by atoms with Gasteiger partial charge in [-0.2, -0.15) is 5.10 Å². The van der Waals surface area contributed by atoms with E-state index >= 15 is 0 Å². The number of aliphatic hydroxyl groups is 1. The van der Waals surface area contributed by atoms with Gasteiger partial charge in [0.15, 0.2) is 0 Å². The average Bonchev–Trinajstić information content (AvgIpc) is 2.80. The summed E-state index contributed by atoms with van der Waals surface area (Å²) in [5, 5.41) is 16.5. The molecular weight excluding hydrogens is 200 g/mol. The second-order valence-electron chi connectivity index (χ2n) is 4.57. The van der Waals surface area contributed by atoms with E-state index in [9.17, 15) is 5.11 Å². The smallest absolute Gasteiger partial charge is 0.0688 e. The van der Waals surface area contributed by atoms with Crippen molar-refractivity contribution >= 4 is 0 Å². The molecule has 0 radical (unpaired) electrons. The molecule has 84 valence electrons. The van der Waals surface area contributed by atoms with Gasteiger partial charge in [-0.1, -0.05) is 44.2 Å². The highest BCUT2D eigenvalue weighted by atomic mass is 16.3. The lowest BCUT2D eigenvalue weighted by Gasteiger charge is -2.21. The highest BCUT2D eigenvalue weighted by molar-refractivity contribution is 5.63. The van der Waals surface area contributed by atoms with E-state index in [0.29, 0.717) is 0 Å². The van der Waals surface area contributed by atoms with E-state index in [-0.39, 0.29) is 12.0 Å². The van der Waals surface area contributed by atoms with Crippen LogP contribution in [0.5, 0.6) is 0 Å². The van der Waals surface area contributed by atoms with E-state index in [1.165, 1.54) is 0 Å². The molecule has 0 saturated carbocycles. The molecule has 0 atom stereocenters. The Morgan fingerprint density at radius 2 is 1.94 bits per heavy atom. The molecule has 0 unspecified atom stereocenters. The van der Waals surface area contributed by atoms with Crippen LogP contribution >= 0.6 is 0 Å². The minimum atomic E-state index is -0.280. The monoisotopic (exact) mass is 216 g/mol. The SMILES string of the molecule is CC(C)(CO)c1cn[nH]c1-c1ccccc1. The van der Waals surface area contributed by atoms with Gasteiger partial charge in [0.05, 0.1) is 18.5 Å². The second kappa shape index (κ2) is 4.10. The van der Waals surface area contributed by atoms with E-state index in [0.717, 1.165) is 16.8 Å². The van der Waals surface area contributed by atoms with Gasteiger partial charge in [0.2, 0.25) is 0 Å². The largest absolute Gasteiger partial charge is 0.395 e. The summed E-state index contributed by atoms with van der Waals surface area (Å²) in [5.41, 5.74) is 2.84. The summed E-state index contributed by atoms with van der Waals surface area (Å²) in [4.78, 5) is 0. The van der Waals surface area contributed by atoms with Crippen LogP contribution in [0.2, 0.25) is 0 Å². The predicted octanol–water partition coefficient (Wildman–Crippen LogP) is 2.35. The average molecular weight is 216 g/mol. The molecule has 0 fully saturated rings. The van der Waals surface area contributed by atoms with Crippen molar-refractivity contribution in [2.24, 2.45) is 0 Å². The number of aromatic amines is 1. The third-order valence-corrected chi connectivity index (χ3v) is 2.83. The minimum absolute atomic E-state index is 0.104. The standard InChI is InChI=1S/C13H16N2O/c1-13(2,9-16)11-8-14-15-12(11)10-6-4-3-5-7-10/h3-8,16H,9H2,1-2H3,(H,14,15). The van der Waals surface area contributed by atoms with Crippen molar-refractivity contribution in [1.82, 2.24) is 10.2 Å². The van der Waals surface area contributed by atoms with Crippen LogP contribution in [0, 0.1) is 0 Å². The lowest BCUT2D eigenvalue weighted by molar-refractivity contribution is 0.219. The fraction of sp³-hybridized carbons (Fsp3) is 0.308. The maximum absolute atomic E-state index is 9.40. The van der Waals surface area contributed by atoms with Gasteiger partial charge in [0, 0.05) is 11.0 Å². The summed E-state index contributed by atoms with van der Waals surface area (Å²) >= 11 is 0. The van der Waals surface area contributed by atoms with E-state index in [2.05, 4.69) is 10.2 Å². The summed E-state index contributed by atoms with van der Waals surface area (Å²) in [6.07, 6.45) is 1.79. The predicted molar refractivity (Wildman–Crippen MR) is 64.1 cm³/mol. The molecule has 0 saturated heterocycles. The number of benzene rings is 1. The Balaban J connectivity index is 2.49. The molecule has 3 heteroatoms. The van der Waals surface area contributed by atoms with Crippen molar-refractivity contribution in [2.45, 2.75) is 19.3 Å². The Hall–Kier alpha value is -1.61. The van der Waals surface area contributed by atoms with Crippen LogP contribution in [0.1, 0.15) is 19.4 Å². The zero-order chi connectivity index (χ0) is 11.6. The summed E-state index contributed by atoms with van der Waals surface area (Å²) in [6, 6.07) is 10.0. The van der Waals surface area contributed by atoms with Crippen molar-refractivity contribution in [3.63, 3.8) is 0 Å². The topological polar surface area (TPSA) is 48.9 Å². The molecule has 1 aromatic carbocycles. The van der Waals surface area contributed by atoms with Crippen LogP contribution in [0.3, 0.4) is 0 Å². The first-order valence-corrected chi connectivity index (χ1v) is 5.35. The van der Waals surface area contributed by atoms with Crippen molar-refractivity contribution in [3.05, 3.63) is 42.1 Å². The lowest BCUT2D eigenvalue weighted by atomic mass is 9.84. The number of aromatic nitrogens is 2. The number of hydrogen-bond acceptors (Lipinski definition) is 2. The van der Waals surface area contributed by atoms with Gasteiger partial charge in [0.1, 0.15) is 0 Å². The number of nitrogens with zero attached hydrogens (tertiary/aromatic N) is 1. The zero-order valence-electron chi connectivity index (χ0n) is 9.57. The maximum Gasteiger partial charge on any atom is 0.0688 e. The number of nitrogens with one attached hydrogen (secondary N) is 1. The van der Waals surface area contributed by atoms with Gasteiger partial charge >= 0.3 is 0 Å². The van der Waals surface area contributed by atoms with Crippen LogP contribution in [0.15, 0.2) is 36.5 Å². The van der Waals surface area contributed by atoms with Gasteiger partial charge in [-0.15, -0.1) is 0 Å². The quantitative estimate of drug-likeness (QED) is 0.827. The fourth-order valence-electron chi connectivity index (χ4n) is 1.71. The molecule has 0 aliphatic heterocycles. The van der Waals surface area contributed by atoms with Crippen molar-refractivity contribution in [2.75, 3.05) is 6.61 Å². The first-order valence-electron chi connectivity index (χ1n) is 5.35. The highest BCUT2D eigenvalue weighted by Gasteiger charge is 2.24. The maximum atomic E-state index is 9.40.